The van der Waals surface area contributed by atoms with Gasteiger partial charge in [-0.3, -0.25) is 4.79 Å². The first-order valence-corrected chi connectivity index (χ1v) is 7.99. The molecule has 0 unspecified atom stereocenters. The SMILES string of the molecule is Nc1c(C(=O)NCC2(CO)CCCC2)sc2ncccc12. The van der Waals surface area contributed by atoms with Crippen molar-refractivity contribution < 1.29 is 9.90 Å². The summed E-state index contributed by atoms with van der Waals surface area (Å²) < 4.78 is 0. The van der Waals surface area contributed by atoms with Crippen LogP contribution < -0.4 is 11.1 Å². The van der Waals surface area contributed by atoms with Gasteiger partial charge in [0.2, 0.25) is 0 Å². The van der Waals surface area contributed by atoms with E-state index in [0.717, 1.165) is 35.9 Å². The number of aliphatic hydroxyl groups is 1. The van der Waals surface area contributed by atoms with E-state index in [-0.39, 0.29) is 17.9 Å². The Balaban J connectivity index is 1.76. The molecule has 5 nitrogen and oxygen atoms in total. The van der Waals surface area contributed by atoms with Crippen molar-refractivity contribution in [2.75, 3.05) is 18.9 Å². The number of hydrogen-bond acceptors (Lipinski definition) is 5. The zero-order chi connectivity index (χ0) is 14.9. The number of amides is 1. The number of fused-ring (bicyclic) bond motifs is 1. The van der Waals surface area contributed by atoms with Crippen molar-refractivity contribution in [3.63, 3.8) is 0 Å². The van der Waals surface area contributed by atoms with Gasteiger partial charge >= 0.3 is 0 Å². The van der Waals surface area contributed by atoms with E-state index in [2.05, 4.69) is 10.3 Å². The van der Waals surface area contributed by atoms with Crippen molar-refractivity contribution in [3.8, 4) is 0 Å². The minimum atomic E-state index is -0.171. The molecule has 3 rings (SSSR count). The molecule has 112 valence electrons. The van der Waals surface area contributed by atoms with Crippen LogP contribution in [0.5, 0.6) is 0 Å². The van der Waals surface area contributed by atoms with Gasteiger partial charge in [0.15, 0.2) is 0 Å². The van der Waals surface area contributed by atoms with Crippen LogP contribution in [0.25, 0.3) is 10.2 Å². The standard InChI is InChI=1S/C15H19N3O2S/c16-11-10-4-3-7-17-14(10)21-12(11)13(20)18-8-15(9-19)5-1-2-6-15/h3-4,7,19H,1-2,5-6,8-9,16H2,(H,18,20). The number of nitrogens with zero attached hydrogens (tertiary/aromatic N) is 1. The predicted octanol–water partition coefficient (Wildman–Crippen LogP) is 2.16. The minimum Gasteiger partial charge on any atom is -0.397 e. The molecule has 4 N–H and O–H groups in total. The Hall–Kier alpha value is -1.66. The molecule has 0 radical (unpaired) electrons. The molecule has 21 heavy (non-hydrogen) atoms. The van der Waals surface area contributed by atoms with Gasteiger partial charge < -0.3 is 16.2 Å². The number of thiophene rings is 1. The summed E-state index contributed by atoms with van der Waals surface area (Å²) in [6.45, 7) is 0.625. The molecular formula is C15H19N3O2S. The highest BCUT2D eigenvalue weighted by molar-refractivity contribution is 7.21. The van der Waals surface area contributed by atoms with E-state index in [1.807, 2.05) is 12.1 Å². The fraction of sp³-hybridized carbons (Fsp3) is 0.467. The fourth-order valence-corrected chi connectivity index (χ4v) is 3.96. The van der Waals surface area contributed by atoms with Gasteiger partial charge in [-0.25, -0.2) is 4.98 Å². The van der Waals surface area contributed by atoms with Crippen molar-refractivity contribution in [2.45, 2.75) is 25.7 Å². The summed E-state index contributed by atoms with van der Waals surface area (Å²) in [5, 5.41) is 13.3. The maximum atomic E-state index is 12.4. The normalized spacial score (nSPS) is 17.2. The fourth-order valence-electron chi connectivity index (χ4n) is 2.98. The Bertz CT molecular complexity index is 662. The summed E-state index contributed by atoms with van der Waals surface area (Å²) in [5.74, 6) is -0.171. The van der Waals surface area contributed by atoms with Gasteiger partial charge in [0, 0.05) is 23.5 Å². The number of nitrogen functional groups attached to an aromatic ring is 1. The summed E-state index contributed by atoms with van der Waals surface area (Å²) in [5.41, 5.74) is 6.39. The second-order valence-electron chi connectivity index (χ2n) is 5.75. The highest BCUT2D eigenvalue weighted by Crippen LogP contribution is 2.37. The van der Waals surface area contributed by atoms with Crippen LogP contribution in [0.1, 0.15) is 35.4 Å². The molecule has 0 atom stereocenters. The highest BCUT2D eigenvalue weighted by Gasteiger charge is 2.33. The van der Waals surface area contributed by atoms with E-state index in [9.17, 15) is 9.90 Å². The van der Waals surface area contributed by atoms with Crippen LogP contribution in [0.15, 0.2) is 18.3 Å². The van der Waals surface area contributed by atoms with Crippen molar-refractivity contribution in [2.24, 2.45) is 5.41 Å². The number of carbonyl (C=O) groups excluding carboxylic acids is 1. The second kappa shape index (κ2) is 5.61. The lowest BCUT2D eigenvalue weighted by Gasteiger charge is -2.26. The smallest absolute Gasteiger partial charge is 0.263 e. The van der Waals surface area contributed by atoms with Crippen LogP contribution in [-0.2, 0) is 0 Å². The molecule has 0 saturated heterocycles. The van der Waals surface area contributed by atoms with Gasteiger partial charge in [-0.05, 0) is 25.0 Å². The second-order valence-corrected chi connectivity index (χ2v) is 6.75. The van der Waals surface area contributed by atoms with Crippen molar-refractivity contribution >= 4 is 33.1 Å². The van der Waals surface area contributed by atoms with E-state index in [0.29, 0.717) is 17.1 Å². The average Bonchev–Trinajstić information content (AvgIpc) is 3.11. The van der Waals surface area contributed by atoms with Crippen LogP contribution in [0.2, 0.25) is 0 Å². The molecule has 1 saturated carbocycles. The highest BCUT2D eigenvalue weighted by atomic mass is 32.1. The topological polar surface area (TPSA) is 88.2 Å². The van der Waals surface area contributed by atoms with Crippen molar-refractivity contribution in [3.05, 3.63) is 23.2 Å². The molecule has 0 bridgehead atoms. The minimum absolute atomic E-state index is 0.122. The number of anilines is 1. The van der Waals surface area contributed by atoms with Gasteiger partial charge in [0.1, 0.15) is 9.71 Å². The van der Waals surface area contributed by atoms with Crippen LogP contribution in [0.4, 0.5) is 5.69 Å². The van der Waals surface area contributed by atoms with Crippen LogP contribution >= 0.6 is 11.3 Å². The lowest BCUT2D eigenvalue weighted by molar-refractivity contribution is 0.0885. The Morgan fingerprint density at radius 1 is 1.48 bits per heavy atom. The maximum absolute atomic E-state index is 12.4. The Morgan fingerprint density at radius 3 is 2.90 bits per heavy atom. The Labute approximate surface area is 127 Å². The zero-order valence-corrected chi connectivity index (χ0v) is 12.6. The molecule has 2 aromatic rings. The molecule has 1 amide bonds. The van der Waals surface area contributed by atoms with Crippen LogP contribution in [0.3, 0.4) is 0 Å². The molecule has 0 aromatic carbocycles. The number of aliphatic hydroxyl groups excluding tert-OH is 1. The zero-order valence-electron chi connectivity index (χ0n) is 11.8. The van der Waals surface area contributed by atoms with Crippen LogP contribution in [0, 0.1) is 5.41 Å². The molecule has 1 aliphatic carbocycles. The number of aromatic nitrogens is 1. The number of pyridine rings is 1. The first-order chi connectivity index (χ1) is 10.2. The molecule has 1 aliphatic rings. The van der Waals surface area contributed by atoms with E-state index >= 15 is 0 Å². The molecule has 0 aliphatic heterocycles. The Kier molecular flexibility index (Phi) is 3.82. The number of nitrogens with two attached hydrogens (primary N) is 1. The number of hydrogen-bond donors (Lipinski definition) is 3. The van der Waals surface area contributed by atoms with E-state index in [1.54, 1.807) is 6.20 Å². The van der Waals surface area contributed by atoms with Gasteiger partial charge in [0.05, 0.1) is 12.3 Å². The van der Waals surface area contributed by atoms with E-state index in [4.69, 9.17) is 5.73 Å². The third kappa shape index (κ3) is 2.61. The summed E-state index contributed by atoms with van der Waals surface area (Å²) in [6.07, 6.45) is 5.86. The van der Waals surface area contributed by atoms with E-state index in [1.165, 1.54) is 11.3 Å². The quantitative estimate of drug-likeness (QED) is 0.807. The summed E-state index contributed by atoms with van der Waals surface area (Å²) in [4.78, 5) is 17.9. The third-order valence-corrected chi connectivity index (χ3v) is 5.46. The maximum Gasteiger partial charge on any atom is 0.263 e. The molecule has 1 fully saturated rings. The van der Waals surface area contributed by atoms with Gasteiger partial charge in [0.25, 0.3) is 5.91 Å². The largest absolute Gasteiger partial charge is 0.397 e. The average molecular weight is 305 g/mol. The van der Waals surface area contributed by atoms with Gasteiger partial charge in [-0.15, -0.1) is 11.3 Å². The summed E-state index contributed by atoms with van der Waals surface area (Å²) >= 11 is 1.31. The first-order valence-electron chi connectivity index (χ1n) is 7.17. The molecular weight excluding hydrogens is 286 g/mol. The number of nitrogens with one attached hydrogen (secondary N) is 1. The van der Waals surface area contributed by atoms with Crippen LogP contribution in [-0.4, -0.2) is 29.1 Å². The summed E-state index contributed by atoms with van der Waals surface area (Å²) in [6, 6.07) is 3.68. The van der Waals surface area contributed by atoms with Crippen molar-refractivity contribution in [1.82, 2.24) is 10.3 Å². The van der Waals surface area contributed by atoms with Gasteiger partial charge in [-0.2, -0.15) is 0 Å². The molecule has 2 aromatic heterocycles. The molecule has 6 heteroatoms. The first kappa shape index (κ1) is 14.3. The number of carbonyl (C=O) groups is 1. The number of rotatable bonds is 4. The lowest BCUT2D eigenvalue weighted by atomic mass is 9.87. The molecule has 2 heterocycles. The lowest BCUT2D eigenvalue weighted by Crippen LogP contribution is -2.38. The van der Waals surface area contributed by atoms with Crippen molar-refractivity contribution in [1.29, 1.82) is 0 Å². The van der Waals surface area contributed by atoms with E-state index < -0.39 is 0 Å². The monoisotopic (exact) mass is 305 g/mol. The third-order valence-electron chi connectivity index (χ3n) is 4.33. The Morgan fingerprint density at radius 2 is 2.24 bits per heavy atom. The summed E-state index contributed by atoms with van der Waals surface area (Å²) in [7, 11) is 0. The predicted molar refractivity (Wildman–Crippen MR) is 84.4 cm³/mol. The molecule has 0 spiro atoms. The van der Waals surface area contributed by atoms with Gasteiger partial charge in [-0.1, -0.05) is 12.8 Å².